The molecule has 0 bridgehead atoms. The SMILES string of the molecule is CCC(O)c1noc(C(C(F)(F)F)C(F)(F)F)n1. The molecule has 0 aromatic carbocycles. The molecule has 1 heterocycles. The number of halogens is 6. The van der Waals surface area contributed by atoms with Crippen molar-refractivity contribution in [1.82, 2.24) is 10.1 Å². The zero-order valence-corrected chi connectivity index (χ0v) is 8.88. The molecule has 1 unspecified atom stereocenters. The monoisotopic (exact) mass is 278 g/mol. The number of aliphatic hydroxyl groups is 1. The predicted molar refractivity (Wildman–Crippen MR) is 44.4 cm³/mol. The fourth-order valence-corrected chi connectivity index (χ4v) is 1.15. The van der Waals surface area contributed by atoms with Crippen molar-refractivity contribution in [2.45, 2.75) is 37.7 Å². The number of hydrogen-bond acceptors (Lipinski definition) is 4. The van der Waals surface area contributed by atoms with Gasteiger partial charge in [0, 0.05) is 0 Å². The van der Waals surface area contributed by atoms with Crippen molar-refractivity contribution >= 4 is 0 Å². The normalized spacial score (nSPS) is 15.2. The van der Waals surface area contributed by atoms with E-state index in [2.05, 4.69) is 14.7 Å². The van der Waals surface area contributed by atoms with E-state index in [1.807, 2.05) is 0 Å². The van der Waals surface area contributed by atoms with Crippen LogP contribution in [0, 0.1) is 0 Å². The van der Waals surface area contributed by atoms with Crippen LogP contribution in [0.25, 0.3) is 0 Å². The van der Waals surface area contributed by atoms with Gasteiger partial charge in [0.25, 0.3) is 0 Å². The molecule has 0 aliphatic heterocycles. The lowest BCUT2D eigenvalue weighted by atomic mass is 10.1. The maximum Gasteiger partial charge on any atom is 0.409 e. The molecule has 0 saturated heterocycles. The fourth-order valence-electron chi connectivity index (χ4n) is 1.15. The summed E-state index contributed by atoms with van der Waals surface area (Å²) in [6, 6.07) is 0. The van der Waals surface area contributed by atoms with E-state index in [9.17, 15) is 31.4 Å². The Hall–Kier alpha value is -1.32. The predicted octanol–water partition coefficient (Wildman–Crippen LogP) is 2.72. The van der Waals surface area contributed by atoms with Gasteiger partial charge in [-0.15, -0.1) is 0 Å². The van der Waals surface area contributed by atoms with E-state index in [-0.39, 0.29) is 6.42 Å². The molecule has 1 atom stereocenters. The van der Waals surface area contributed by atoms with Crippen molar-refractivity contribution < 1.29 is 36.0 Å². The maximum absolute atomic E-state index is 12.3. The maximum atomic E-state index is 12.3. The van der Waals surface area contributed by atoms with Crippen LogP contribution in [0.1, 0.15) is 37.1 Å². The molecule has 0 radical (unpaired) electrons. The Morgan fingerprint density at radius 2 is 1.67 bits per heavy atom. The summed E-state index contributed by atoms with van der Waals surface area (Å²) in [7, 11) is 0. The van der Waals surface area contributed by atoms with Gasteiger partial charge in [-0.05, 0) is 6.42 Å². The van der Waals surface area contributed by atoms with Crippen molar-refractivity contribution in [2.75, 3.05) is 0 Å². The van der Waals surface area contributed by atoms with E-state index < -0.39 is 36.1 Å². The first-order chi connectivity index (χ1) is 8.07. The molecule has 0 aliphatic rings. The third-order valence-corrected chi connectivity index (χ3v) is 2.04. The highest BCUT2D eigenvalue weighted by molar-refractivity contribution is 5.02. The Labute approximate surface area is 96.6 Å². The molecular weight excluding hydrogens is 270 g/mol. The molecule has 4 nitrogen and oxygen atoms in total. The lowest BCUT2D eigenvalue weighted by Gasteiger charge is -2.19. The molecule has 10 heteroatoms. The van der Waals surface area contributed by atoms with Gasteiger partial charge in [0.2, 0.25) is 11.8 Å². The Kier molecular flexibility index (Phi) is 3.89. The average molecular weight is 278 g/mol. The number of nitrogens with zero attached hydrogens (tertiary/aromatic N) is 2. The first kappa shape index (κ1) is 14.7. The van der Waals surface area contributed by atoms with Gasteiger partial charge >= 0.3 is 12.4 Å². The summed E-state index contributed by atoms with van der Waals surface area (Å²) in [5, 5.41) is 12.1. The molecule has 18 heavy (non-hydrogen) atoms. The van der Waals surface area contributed by atoms with Crippen molar-refractivity contribution in [1.29, 1.82) is 0 Å². The quantitative estimate of drug-likeness (QED) is 0.864. The Morgan fingerprint density at radius 3 is 2.06 bits per heavy atom. The van der Waals surface area contributed by atoms with Crippen molar-refractivity contribution in [3.63, 3.8) is 0 Å². The third kappa shape index (κ3) is 3.12. The van der Waals surface area contributed by atoms with Gasteiger partial charge in [-0.25, -0.2) is 0 Å². The first-order valence-corrected chi connectivity index (χ1v) is 4.72. The summed E-state index contributed by atoms with van der Waals surface area (Å²) in [5.74, 6) is -6.08. The van der Waals surface area contributed by atoms with E-state index in [4.69, 9.17) is 0 Å². The van der Waals surface area contributed by atoms with Crippen LogP contribution in [0.2, 0.25) is 0 Å². The molecule has 0 spiro atoms. The average Bonchev–Trinajstić information content (AvgIpc) is 2.60. The van der Waals surface area contributed by atoms with Crippen molar-refractivity contribution in [3.05, 3.63) is 11.7 Å². The number of hydrogen-bond donors (Lipinski definition) is 1. The van der Waals surface area contributed by atoms with Crippen molar-refractivity contribution in [3.8, 4) is 0 Å². The molecule has 1 aromatic rings. The summed E-state index contributed by atoms with van der Waals surface area (Å²) < 4.78 is 77.6. The summed E-state index contributed by atoms with van der Waals surface area (Å²) in [4.78, 5) is 2.95. The fraction of sp³-hybridized carbons (Fsp3) is 0.750. The van der Waals surface area contributed by atoms with Crippen LogP contribution in [-0.2, 0) is 0 Å². The standard InChI is InChI=1S/C8H8F6N2O2/c1-2-3(17)5-15-6(18-16-5)4(7(9,10)11)8(12,13)14/h3-4,17H,2H2,1H3. The lowest BCUT2D eigenvalue weighted by molar-refractivity contribution is -0.259. The molecule has 104 valence electrons. The van der Waals surface area contributed by atoms with E-state index >= 15 is 0 Å². The molecular formula is C8H8F6N2O2. The van der Waals surface area contributed by atoms with Gasteiger partial charge in [0.05, 0.1) is 0 Å². The summed E-state index contributed by atoms with van der Waals surface area (Å²) in [5.41, 5.74) is 0. The minimum atomic E-state index is -5.60. The van der Waals surface area contributed by atoms with Gasteiger partial charge in [0.1, 0.15) is 6.10 Å². The molecule has 0 fully saturated rings. The van der Waals surface area contributed by atoms with Gasteiger partial charge in [-0.2, -0.15) is 31.3 Å². The van der Waals surface area contributed by atoms with Gasteiger partial charge < -0.3 is 9.63 Å². The Balaban J connectivity index is 3.12. The highest BCUT2D eigenvalue weighted by Crippen LogP contribution is 2.45. The molecule has 0 amide bonds. The van der Waals surface area contributed by atoms with Gasteiger partial charge in [0.15, 0.2) is 5.82 Å². The highest BCUT2D eigenvalue weighted by Gasteiger charge is 2.60. The van der Waals surface area contributed by atoms with Crippen LogP contribution < -0.4 is 0 Å². The highest BCUT2D eigenvalue weighted by atomic mass is 19.4. The molecule has 1 rings (SSSR count). The zero-order valence-electron chi connectivity index (χ0n) is 8.88. The smallest absolute Gasteiger partial charge is 0.385 e. The number of rotatable bonds is 3. The molecule has 0 saturated carbocycles. The first-order valence-electron chi connectivity index (χ1n) is 4.72. The van der Waals surface area contributed by atoms with Crippen LogP contribution in [0.3, 0.4) is 0 Å². The largest absolute Gasteiger partial charge is 0.409 e. The van der Waals surface area contributed by atoms with Crippen LogP contribution >= 0.6 is 0 Å². The second-order valence-corrected chi connectivity index (χ2v) is 3.43. The number of alkyl halides is 6. The van der Waals surface area contributed by atoms with Gasteiger partial charge in [-0.1, -0.05) is 12.1 Å². The summed E-state index contributed by atoms with van der Waals surface area (Å²) in [6.45, 7) is 1.45. The van der Waals surface area contributed by atoms with Gasteiger partial charge in [-0.3, -0.25) is 0 Å². The summed E-state index contributed by atoms with van der Waals surface area (Å²) >= 11 is 0. The topological polar surface area (TPSA) is 59.2 Å². The minimum Gasteiger partial charge on any atom is -0.385 e. The molecule has 0 aliphatic carbocycles. The second-order valence-electron chi connectivity index (χ2n) is 3.43. The van der Waals surface area contributed by atoms with Crippen LogP contribution in [0.15, 0.2) is 4.52 Å². The Morgan fingerprint density at radius 1 is 1.17 bits per heavy atom. The van der Waals surface area contributed by atoms with Crippen LogP contribution in [0.4, 0.5) is 26.3 Å². The third-order valence-electron chi connectivity index (χ3n) is 2.04. The lowest BCUT2D eigenvalue weighted by Crippen LogP contribution is -2.34. The molecule has 1 N–H and O–H groups in total. The number of aromatic nitrogens is 2. The van der Waals surface area contributed by atoms with Crippen LogP contribution in [-0.4, -0.2) is 27.6 Å². The van der Waals surface area contributed by atoms with E-state index in [1.54, 1.807) is 0 Å². The minimum absolute atomic E-state index is 0.0294. The van der Waals surface area contributed by atoms with E-state index in [0.29, 0.717) is 0 Å². The van der Waals surface area contributed by atoms with E-state index in [0.717, 1.165) is 0 Å². The second kappa shape index (κ2) is 4.75. The zero-order chi connectivity index (χ0) is 14.1. The summed E-state index contributed by atoms with van der Waals surface area (Å²) in [6.07, 6.45) is -12.5. The number of aliphatic hydroxyl groups excluding tert-OH is 1. The van der Waals surface area contributed by atoms with Crippen molar-refractivity contribution in [2.24, 2.45) is 0 Å². The van der Waals surface area contributed by atoms with Crippen LogP contribution in [0.5, 0.6) is 0 Å². The molecule has 1 aromatic heterocycles. The Bertz CT molecular complexity index is 385. The van der Waals surface area contributed by atoms with E-state index in [1.165, 1.54) is 6.92 Å².